The zero-order valence-electron chi connectivity index (χ0n) is 9.22. The quantitative estimate of drug-likeness (QED) is 0.737. The standard InChI is InChI=1S/C12H10BrN3OS/c13-8-5-6-14-11(7-8)16-12(17)15-9-3-1-2-4-10(9)18/h1-7,18H,(H2,14,15,16,17). The van der Waals surface area contributed by atoms with E-state index >= 15 is 0 Å². The van der Waals surface area contributed by atoms with Gasteiger partial charge in [-0.15, -0.1) is 12.6 Å². The number of benzene rings is 1. The highest BCUT2D eigenvalue weighted by atomic mass is 79.9. The minimum Gasteiger partial charge on any atom is -0.307 e. The van der Waals surface area contributed by atoms with Gasteiger partial charge in [-0.1, -0.05) is 28.1 Å². The lowest BCUT2D eigenvalue weighted by molar-refractivity contribution is 0.262. The number of para-hydroxylation sites is 1. The van der Waals surface area contributed by atoms with Crippen LogP contribution in [0.5, 0.6) is 0 Å². The molecule has 6 heteroatoms. The number of aromatic nitrogens is 1. The Bertz CT molecular complexity index is 577. The molecule has 2 N–H and O–H groups in total. The number of anilines is 2. The molecule has 0 radical (unpaired) electrons. The highest BCUT2D eigenvalue weighted by Crippen LogP contribution is 2.19. The Kier molecular flexibility index (Phi) is 4.22. The molecule has 0 unspecified atom stereocenters. The molecular formula is C12H10BrN3OS. The minimum absolute atomic E-state index is 0.359. The molecule has 0 spiro atoms. The normalized spacial score (nSPS) is 9.89. The Morgan fingerprint density at radius 1 is 1.22 bits per heavy atom. The molecule has 1 aromatic carbocycles. The summed E-state index contributed by atoms with van der Waals surface area (Å²) >= 11 is 7.56. The molecule has 2 amide bonds. The molecule has 18 heavy (non-hydrogen) atoms. The summed E-state index contributed by atoms with van der Waals surface area (Å²) in [4.78, 5) is 16.5. The predicted molar refractivity (Wildman–Crippen MR) is 78.3 cm³/mol. The van der Waals surface area contributed by atoms with Crippen molar-refractivity contribution in [2.24, 2.45) is 0 Å². The van der Waals surface area contributed by atoms with Crippen LogP contribution < -0.4 is 10.6 Å². The van der Waals surface area contributed by atoms with Gasteiger partial charge in [-0.25, -0.2) is 9.78 Å². The maximum absolute atomic E-state index is 11.7. The maximum Gasteiger partial charge on any atom is 0.324 e. The van der Waals surface area contributed by atoms with Crippen LogP contribution in [0, 0.1) is 0 Å². The number of halogens is 1. The van der Waals surface area contributed by atoms with E-state index in [1.54, 1.807) is 30.5 Å². The van der Waals surface area contributed by atoms with Gasteiger partial charge in [0.2, 0.25) is 0 Å². The second-order valence-electron chi connectivity index (χ2n) is 3.46. The summed E-state index contributed by atoms with van der Waals surface area (Å²) in [7, 11) is 0. The summed E-state index contributed by atoms with van der Waals surface area (Å²) in [5.74, 6) is 0.471. The van der Waals surface area contributed by atoms with Crippen LogP contribution in [0.1, 0.15) is 0 Å². The van der Waals surface area contributed by atoms with Crippen LogP contribution in [0.4, 0.5) is 16.3 Å². The number of nitrogens with zero attached hydrogens (tertiary/aromatic N) is 1. The van der Waals surface area contributed by atoms with Crippen molar-refractivity contribution >= 4 is 46.1 Å². The fourth-order valence-electron chi connectivity index (χ4n) is 1.32. The Morgan fingerprint density at radius 2 is 2.00 bits per heavy atom. The van der Waals surface area contributed by atoms with E-state index in [1.165, 1.54) is 0 Å². The van der Waals surface area contributed by atoms with Crippen LogP contribution in [0.15, 0.2) is 52.0 Å². The third-order valence-electron chi connectivity index (χ3n) is 2.12. The smallest absolute Gasteiger partial charge is 0.307 e. The van der Waals surface area contributed by atoms with E-state index < -0.39 is 0 Å². The van der Waals surface area contributed by atoms with E-state index in [4.69, 9.17) is 0 Å². The molecular weight excluding hydrogens is 314 g/mol. The van der Waals surface area contributed by atoms with Crippen molar-refractivity contribution in [3.8, 4) is 0 Å². The van der Waals surface area contributed by atoms with Crippen molar-refractivity contribution in [3.05, 3.63) is 47.1 Å². The van der Waals surface area contributed by atoms with Gasteiger partial charge in [-0.05, 0) is 24.3 Å². The van der Waals surface area contributed by atoms with Crippen LogP contribution in [-0.4, -0.2) is 11.0 Å². The van der Waals surface area contributed by atoms with E-state index in [0.29, 0.717) is 16.4 Å². The number of nitrogens with one attached hydrogen (secondary N) is 2. The van der Waals surface area contributed by atoms with E-state index in [2.05, 4.69) is 44.2 Å². The van der Waals surface area contributed by atoms with E-state index in [1.807, 2.05) is 12.1 Å². The van der Waals surface area contributed by atoms with Crippen molar-refractivity contribution in [3.63, 3.8) is 0 Å². The van der Waals surface area contributed by atoms with Crippen molar-refractivity contribution in [2.75, 3.05) is 10.6 Å². The number of rotatable bonds is 2. The molecule has 0 saturated heterocycles. The van der Waals surface area contributed by atoms with Crippen LogP contribution in [0.25, 0.3) is 0 Å². The third kappa shape index (κ3) is 3.48. The first-order chi connectivity index (χ1) is 8.65. The van der Waals surface area contributed by atoms with Gasteiger partial charge in [0, 0.05) is 15.6 Å². The molecule has 0 aliphatic rings. The number of hydrogen-bond donors (Lipinski definition) is 3. The van der Waals surface area contributed by atoms with Gasteiger partial charge >= 0.3 is 6.03 Å². The second-order valence-corrected chi connectivity index (χ2v) is 4.85. The molecule has 4 nitrogen and oxygen atoms in total. The molecule has 1 aromatic heterocycles. The summed E-state index contributed by atoms with van der Waals surface area (Å²) in [6.07, 6.45) is 1.60. The van der Waals surface area contributed by atoms with Crippen molar-refractivity contribution in [1.29, 1.82) is 0 Å². The molecule has 0 saturated carbocycles. The van der Waals surface area contributed by atoms with Crippen molar-refractivity contribution in [2.45, 2.75) is 4.90 Å². The van der Waals surface area contributed by atoms with Gasteiger partial charge in [-0.2, -0.15) is 0 Å². The van der Waals surface area contributed by atoms with Gasteiger partial charge in [0.05, 0.1) is 5.69 Å². The summed E-state index contributed by atoms with van der Waals surface area (Å²) in [6, 6.07) is 10.4. The van der Waals surface area contributed by atoms with E-state index in [-0.39, 0.29) is 6.03 Å². The first-order valence-corrected chi connectivity index (χ1v) is 6.37. The zero-order valence-corrected chi connectivity index (χ0v) is 11.7. The second kappa shape index (κ2) is 5.88. The highest BCUT2D eigenvalue weighted by Gasteiger charge is 2.05. The Labute approximate surface area is 118 Å². The molecule has 0 atom stereocenters. The highest BCUT2D eigenvalue weighted by molar-refractivity contribution is 9.10. The predicted octanol–water partition coefficient (Wildman–Crippen LogP) is 3.78. The van der Waals surface area contributed by atoms with Gasteiger partial charge in [0.25, 0.3) is 0 Å². The monoisotopic (exact) mass is 323 g/mol. The number of hydrogen-bond acceptors (Lipinski definition) is 3. The maximum atomic E-state index is 11.7. The van der Waals surface area contributed by atoms with Gasteiger partial charge in [0.1, 0.15) is 5.82 Å². The molecule has 92 valence electrons. The summed E-state index contributed by atoms with van der Waals surface area (Å²) < 4.78 is 0.849. The van der Waals surface area contributed by atoms with Crippen LogP contribution >= 0.6 is 28.6 Å². The number of thiol groups is 1. The number of urea groups is 1. The zero-order chi connectivity index (χ0) is 13.0. The van der Waals surface area contributed by atoms with E-state index in [9.17, 15) is 4.79 Å². The molecule has 0 bridgehead atoms. The fourth-order valence-corrected chi connectivity index (χ4v) is 1.87. The number of amides is 2. The first kappa shape index (κ1) is 12.9. The molecule has 0 fully saturated rings. The van der Waals surface area contributed by atoms with Gasteiger partial charge in [-0.3, -0.25) is 5.32 Å². The third-order valence-corrected chi connectivity index (χ3v) is 3.00. The van der Waals surface area contributed by atoms with Crippen LogP contribution in [0.3, 0.4) is 0 Å². The lowest BCUT2D eigenvalue weighted by Gasteiger charge is -2.08. The Morgan fingerprint density at radius 3 is 2.72 bits per heavy atom. The number of carbonyl (C=O) groups excluding carboxylic acids is 1. The summed E-state index contributed by atoms with van der Waals surface area (Å²) in [5, 5.41) is 5.33. The number of pyridine rings is 1. The summed E-state index contributed by atoms with van der Waals surface area (Å²) in [5.41, 5.74) is 0.647. The summed E-state index contributed by atoms with van der Waals surface area (Å²) in [6.45, 7) is 0. The fraction of sp³-hybridized carbons (Fsp3) is 0. The molecule has 2 aromatic rings. The molecule has 0 aliphatic heterocycles. The minimum atomic E-state index is -0.359. The Hall–Kier alpha value is -1.53. The first-order valence-electron chi connectivity index (χ1n) is 5.13. The topological polar surface area (TPSA) is 54.0 Å². The van der Waals surface area contributed by atoms with Crippen molar-refractivity contribution in [1.82, 2.24) is 4.98 Å². The average molecular weight is 324 g/mol. The molecule has 2 rings (SSSR count). The van der Waals surface area contributed by atoms with Crippen LogP contribution in [-0.2, 0) is 0 Å². The number of carbonyl (C=O) groups is 1. The lowest BCUT2D eigenvalue weighted by Crippen LogP contribution is -2.20. The van der Waals surface area contributed by atoms with Crippen molar-refractivity contribution < 1.29 is 4.79 Å². The largest absolute Gasteiger partial charge is 0.324 e. The average Bonchev–Trinajstić information content (AvgIpc) is 2.32. The Balaban J connectivity index is 2.03. The lowest BCUT2D eigenvalue weighted by atomic mass is 10.3. The molecule has 1 heterocycles. The van der Waals surface area contributed by atoms with Gasteiger partial charge in [0.15, 0.2) is 0 Å². The molecule has 0 aliphatic carbocycles. The van der Waals surface area contributed by atoms with Gasteiger partial charge < -0.3 is 5.32 Å². The SMILES string of the molecule is O=C(Nc1cc(Br)ccn1)Nc1ccccc1S. The van der Waals surface area contributed by atoms with Crippen LogP contribution in [0.2, 0.25) is 0 Å². The van der Waals surface area contributed by atoms with E-state index in [0.717, 1.165) is 4.47 Å².